The Morgan fingerprint density at radius 2 is 1.88 bits per heavy atom. The Hall–Kier alpha value is -2.74. The number of thiazole rings is 1. The van der Waals surface area contributed by atoms with Gasteiger partial charge in [-0.3, -0.25) is 0 Å². The van der Waals surface area contributed by atoms with Gasteiger partial charge >= 0.3 is 0 Å². The molecule has 2 heterocycles. The molecule has 0 aliphatic rings. The van der Waals surface area contributed by atoms with Crippen LogP contribution in [0.25, 0.3) is 10.6 Å². The van der Waals surface area contributed by atoms with Crippen LogP contribution >= 0.6 is 23.1 Å². The number of benzene rings is 2. The number of nitrogens with one attached hydrogen (secondary N) is 1. The molecule has 0 saturated carbocycles. The van der Waals surface area contributed by atoms with E-state index in [9.17, 15) is 0 Å². The number of rotatable bonds is 11. The summed E-state index contributed by atoms with van der Waals surface area (Å²) in [6.07, 6.45) is 1.84. The van der Waals surface area contributed by atoms with E-state index in [1.165, 1.54) is 0 Å². The molecular weight excluding hydrogens is 438 g/mol. The molecule has 2 aromatic heterocycles. The summed E-state index contributed by atoms with van der Waals surface area (Å²) in [6.45, 7) is 1.66. The molecule has 5 nitrogen and oxygen atoms in total. The second-order valence-corrected chi connectivity index (χ2v) is 9.54. The zero-order valence-electron chi connectivity index (χ0n) is 18.3. The highest BCUT2D eigenvalue weighted by molar-refractivity contribution is 7.98. The maximum atomic E-state index is 6.03. The normalized spacial score (nSPS) is 11.1. The maximum absolute atomic E-state index is 6.03. The van der Waals surface area contributed by atoms with Crippen molar-refractivity contribution < 1.29 is 9.15 Å². The quantitative estimate of drug-likeness (QED) is 0.252. The lowest BCUT2D eigenvalue weighted by Crippen LogP contribution is -2.09. The number of nitrogens with zero attached hydrogens (tertiary/aromatic N) is 2. The molecule has 166 valence electrons. The summed E-state index contributed by atoms with van der Waals surface area (Å²) in [5, 5.41) is 6.57. The SMILES string of the molecule is CN(C)Cc1ccc(CSCCNc2cc(Oc3ccccc3)ccc2-c2nccs2)o1. The Balaban J connectivity index is 1.35. The minimum absolute atomic E-state index is 0.802. The Morgan fingerprint density at radius 1 is 1.03 bits per heavy atom. The average Bonchev–Trinajstić information content (AvgIpc) is 3.46. The molecule has 0 saturated heterocycles. The van der Waals surface area contributed by atoms with Crippen LogP contribution in [0.15, 0.2) is 76.7 Å². The predicted molar refractivity (Wildman–Crippen MR) is 135 cm³/mol. The van der Waals surface area contributed by atoms with E-state index in [1.807, 2.05) is 73.8 Å². The minimum atomic E-state index is 0.802. The van der Waals surface area contributed by atoms with Crippen molar-refractivity contribution in [1.82, 2.24) is 9.88 Å². The second-order valence-electron chi connectivity index (χ2n) is 7.54. The molecule has 0 aliphatic carbocycles. The molecule has 0 atom stereocenters. The Labute approximate surface area is 197 Å². The minimum Gasteiger partial charge on any atom is -0.464 e. The van der Waals surface area contributed by atoms with Crippen LogP contribution in [0, 0.1) is 0 Å². The number of thioether (sulfide) groups is 1. The molecule has 0 aliphatic heterocycles. The van der Waals surface area contributed by atoms with Gasteiger partial charge in [0.15, 0.2) is 0 Å². The van der Waals surface area contributed by atoms with Gasteiger partial charge in [-0.25, -0.2) is 4.98 Å². The van der Waals surface area contributed by atoms with Crippen LogP contribution < -0.4 is 10.1 Å². The maximum Gasteiger partial charge on any atom is 0.129 e. The molecule has 0 spiro atoms. The molecule has 7 heteroatoms. The van der Waals surface area contributed by atoms with Gasteiger partial charge in [-0.05, 0) is 50.5 Å². The third kappa shape index (κ3) is 6.38. The van der Waals surface area contributed by atoms with E-state index in [2.05, 4.69) is 39.5 Å². The molecule has 0 unspecified atom stereocenters. The monoisotopic (exact) mass is 465 g/mol. The van der Waals surface area contributed by atoms with Gasteiger partial charge in [-0.2, -0.15) is 11.8 Å². The first-order valence-electron chi connectivity index (χ1n) is 10.5. The summed E-state index contributed by atoms with van der Waals surface area (Å²) in [6, 6.07) is 20.1. The number of hydrogen-bond acceptors (Lipinski definition) is 7. The fourth-order valence-corrected chi connectivity index (χ4v) is 4.65. The van der Waals surface area contributed by atoms with Gasteiger partial charge in [-0.1, -0.05) is 18.2 Å². The predicted octanol–water partition coefficient (Wildman–Crippen LogP) is 6.60. The van der Waals surface area contributed by atoms with E-state index in [0.29, 0.717) is 0 Å². The van der Waals surface area contributed by atoms with Gasteiger partial charge in [0.2, 0.25) is 0 Å². The van der Waals surface area contributed by atoms with Crippen molar-refractivity contribution in [2.24, 2.45) is 0 Å². The summed E-state index contributed by atoms with van der Waals surface area (Å²) >= 11 is 3.49. The molecule has 0 bridgehead atoms. The third-order valence-electron chi connectivity index (χ3n) is 4.63. The molecule has 32 heavy (non-hydrogen) atoms. The van der Waals surface area contributed by atoms with Crippen LogP contribution in [-0.4, -0.2) is 36.3 Å². The molecule has 2 aromatic carbocycles. The van der Waals surface area contributed by atoms with Gasteiger partial charge in [0.1, 0.15) is 28.0 Å². The Bertz CT molecular complexity index is 1100. The Morgan fingerprint density at radius 3 is 2.66 bits per heavy atom. The smallest absolute Gasteiger partial charge is 0.129 e. The van der Waals surface area contributed by atoms with Crippen LogP contribution in [0.1, 0.15) is 11.5 Å². The molecule has 0 radical (unpaired) electrons. The number of aromatic nitrogens is 1. The van der Waals surface area contributed by atoms with Crippen molar-refractivity contribution in [1.29, 1.82) is 0 Å². The van der Waals surface area contributed by atoms with E-state index in [-0.39, 0.29) is 0 Å². The molecule has 1 N–H and O–H groups in total. The van der Waals surface area contributed by atoms with E-state index in [1.54, 1.807) is 11.3 Å². The topological polar surface area (TPSA) is 50.5 Å². The fraction of sp³-hybridized carbons (Fsp3) is 0.240. The second kappa shape index (κ2) is 11.2. The van der Waals surface area contributed by atoms with Crippen LogP contribution in [0.2, 0.25) is 0 Å². The van der Waals surface area contributed by atoms with Gasteiger partial charge in [0.05, 0.1) is 12.3 Å². The zero-order chi connectivity index (χ0) is 22.2. The van der Waals surface area contributed by atoms with Gasteiger partial charge in [-0.15, -0.1) is 11.3 Å². The van der Waals surface area contributed by atoms with Crippen molar-refractivity contribution in [2.45, 2.75) is 12.3 Å². The van der Waals surface area contributed by atoms with Crippen LogP contribution in [-0.2, 0) is 12.3 Å². The lowest BCUT2D eigenvalue weighted by Gasteiger charge is -2.13. The fourth-order valence-electron chi connectivity index (χ4n) is 3.23. The number of hydrogen-bond donors (Lipinski definition) is 1. The Kier molecular flexibility index (Phi) is 7.87. The molecule has 0 fully saturated rings. The summed E-state index contributed by atoms with van der Waals surface area (Å²) < 4.78 is 11.9. The van der Waals surface area contributed by atoms with E-state index < -0.39 is 0 Å². The first-order chi connectivity index (χ1) is 15.7. The van der Waals surface area contributed by atoms with Crippen LogP contribution in [0.5, 0.6) is 11.5 Å². The van der Waals surface area contributed by atoms with E-state index >= 15 is 0 Å². The average molecular weight is 466 g/mol. The van der Waals surface area contributed by atoms with Crippen molar-refractivity contribution in [3.63, 3.8) is 0 Å². The van der Waals surface area contributed by atoms with Crippen LogP contribution in [0.3, 0.4) is 0 Å². The van der Waals surface area contributed by atoms with Gasteiger partial charge in [0, 0.05) is 41.2 Å². The number of ether oxygens (including phenoxy) is 1. The summed E-state index contributed by atoms with van der Waals surface area (Å²) in [5.41, 5.74) is 2.12. The van der Waals surface area contributed by atoms with Crippen LogP contribution in [0.4, 0.5) is 5.69 Å². The number of para-hydroxylation sites is 1. The molecule has 4 aromatic rings. The summed E-state index contributed by atoms with van der Waals surface area (Å²) in [5.74, 6) is 5.48. The lowest BCUT2D eigenvalue weighted by atomic mass is 10.1. The first kappa shape index (κ1) is 22.5. The molecular formula is C25H27N3O2S2. The highest BCUT2D eigenvalue weighted by atomic mass is 32.2. The number of anilines is 1. The molecule has 0 amide bonds. The highest BCUT2D eigenvalue weighted by Gasteiger charge is 2.10. The van der Waals surface area contributed by atoms with Crippen molar-refractivity contribution in [2.75, 3.05) is 31.7 Å². The number of furan rings is 1. The van der Waals surface area contributed by atoms with Crippen molar-refractivity contribution >= 4 is 28.8 Å². The van der Waals surface area contributed by atoms with Crippen molar-refractivity contribution in [3.05, 3.63) is 83.8 Å². The third-order valence-corrected chi connectivity index (χ3v) is 6.42. The molecule has 4 rings (SSSR count). The van der Waals surface area contributed by atoms with Crippen molar-refractivity contribution in [3.8, 4) is 22.1 Å². The first-order valence-corrected chi connectivity index (χ1v) is 12.5. The van der Waals surface area contributed by atoms with E-state index in [0.717, 1.165) is 63.9 Å². The summed E-state index contributed by atoms with van der Waals surface area (Å²) in [7, 11) is 4.09. The lowest BCUT2D eigenvalue weighted by molar-refractivity contribution is 0.344. The van der Waals surface area contributed by atoms with E-state index in [4.69, 9.17) is 9.15 Å². The van der Waals surface area contributed by atoms with Gasteiger partial charge < -0.3 is 19.4 Å². The van der Waals surface area contributed by atoms with Gasteiger partial charge in [0.25, 0.3) is 0 Å². The largest absolute Gasteiger partial charge is 0.464 e. The highest BCUT2D eigenvalue weighted by Crippen LogP contribution is 2.34. The summed E-state index contributed by atoms with van der Waals surface area (Å²) in [4.78, 5) is 6.59. The zero-order valence-corrected chi connectivity index (χ0v) is 19.9. The standard InChI is InChI=1S/C25H27N3O2S2/c1-28(2)17-21-8-9-22(30-21)18-31-14-12-26-24-16-20(29-19-6-4-3-5-7-19)10-11-23(24)25-27-13-15-32-25/h3-11,13,15-16,26H,12,14,17-18H2,1-2H3.